The largest absolute Gasteiger partial charge is 0.451 e. The van der Waals surface area contributed by atoms with Crippen molar-refractivity contribution in [1.82, 2.24) is 30.1 Å². The number of alkyl halides is 3. The second-order valence-electron chi connectivity index (χ2n) is 8.40. The van der Waals surface area contributed by atoms with Crippen LogP contribution in [0, 0.1) is 23.3 Å². The Kier molecular flexibility index (Phi) is 11.9. The number of hydrogen-bond acceptors (Lipinski definition) is 5. The van der Waals surface area contributed by atoms with Gasteiger partial charge in [0.2, 0.25) is 5.82 Å². The first kappa shape index (κ1) is 33.7. The average Bonchev–Trinajstić information content (AvgIpc) is 3.51. The van der Waals surface area contributed by atoms with Crippen LogP contribution in [0.1, 0.15) is 5.82 Å². The fourth-order valence-corrected chi connectivity index (χ4v) is 3.44. The minimum atomic E-state index is -4.51. The number of rotatable bonds is 3. The molecule has 0 aliphatic heterocycles. The second-order valence-corrected chi connectivity index (χ2v) is 8.40. The van der Waals surface area contributed by atoms with E-state index in [4.69, 9.17) is 0 Å². The molecule has 0 saturated carbocycles. The monoisotopic (exact) mass is 698 g/mol. The summed E-state index contributed by atoms with van der Waals surface area (Å²) in [6.07, 6.45) is 0.0786. The van der Waals surface area contributed by atoms with Crippen molar-refractivity contribution in [2.75, 3.05) is 0 Å². The maximum Gasteiger partial charge on any atom is 0.451 e. The van der Waals surface area contributed by atoms with Crippen molar-refractivity contribution in [3.05, 3.63) is 139 Å². The van der Waals surface area contributed by atoms with Gasteiger partial charge in [-0.05, 0) is 60.7 Å². The van der Waals surface area contributed by atoms with E-state index in [-0.39, 0.29) is 25.3 Å². The molecule has 6 rings (SSSR count). The summed E-state index contributed by atoms with van der Waals surface area (Å²) < 4.78 is 88.2. The minimum absolute atomic E-state index is 0. The molecule has 0 unspecified atom stereocenters. The number of nitrogens with one attached hydrogen (secondary N) is 1. The second kappa shape index (κ2) is 15.6. The molecular weight excluding hydrogens is 678 g/mol. The fraction of sp³-hybridized carbons (Fsp3) is 0.0333. The van der Waals surface area contributed by atoms with Crippen LogP contribution in [0.4, 0.5) is 30.7 Å². The smallest absolute Gasteiger partial charge is 0.256 e. The summed E-state index contributed by atoms with van der Waals surface area (Å²) in [7, 11) is 0. The molecule has 1 N–H and O–H groups in total. The Balaban J connectivity index is 0.000000178. The Morgan fingerprint density at radius 2 is 0.977 bits per heavy atom. The minimum Gasteiger partial charge on any atom is -0.256 e. The topological polar surface area (TPSA) is 80.2 Å². The van der Waals surface area contributed by atoms with Gasteiger partial charge in [-0.15, -0.1) is 0 Å². The molecule has 6 nitrogen and oxygen atoms in total. The summed E-state index contributed by atoms with van der Waals surface area (Å²) in [5.41, 5.74) is 1.93. The molecule has 0 aliphatic carbocycles. The van der Waals surface area contributed by atoms with E-state index in [1.807, 2.05) is 5.10 Å². The molecule has 0 atom stereocenters. The van der Waals surface area contributed by atoms with Gasteiger partial charge in [-0.2, -0.15) is 18.3 Å². The standard InChI is InChI=1S/2C11H7F2N.C8H5F3N4.Ru/c2*12-8-4-5-9(10(13)7-8)11-3-1-2-6-14-11;9-8(10,11)7-13-6(14-15-7)5-3-1-2-4-12-5;/h2*1-7H;1-4H,(H,13,14,15);. The van der Waals surface area contributed by atoms with Crippen LogP contribution in [-0.2, 0) is 25.7 Å². The summed E-state index contributed by atoms with van der Waals surface area (Å²) in [5.74, 6) is -3.54. The third-order valence-corrected chi connectivity index (χ3v) is 5.39. The van der Waals surface area contributed by atoms with Crippen LogP contribution in [0.2, 0.25) is 0 Å². The van der Waals surface area contributed by atoms with Crippen molar-refractivity contribution in [3.63, 3.8) is 0 Å². The average molecular weight is 698 g/mol. The van der Waals surface area contributed by atoms with Crippen LogP contribution in [0.25, 0.3) is 34.0 Å². The molecule has 6 aromatic rings. The summed E-state index contributed by atoms with van der Waals surface area (Å²) >= 11 is 0. The van der Waals surface area contributed by atoms with Crippen LogP contribution < -0.4 is 0 Å². The van der Waals surface area contributed by atoms with Crippen molar-refractivity contribution in [2.24, 2.45) is 0 Å². The summed E-state index contributed by atoms with van der Waals surface area (Å²) in [4.78, 5) is 15.1. The summed E-state index contributed by atoms with van der Waals surface area (Å²) in [6.45, 7) is 0. The predicted octanol–water partition coefficient (Wildman–Crippen LogP) is 7.94. The Hall–Kier alpha value is -4.84. The Morgan fingerprint density at radius 1 is 0.545 bits per heavy atom. The molecule has 44 heavy (non-hydrogen) atoms. The first-order valence-electron chi connectivity index (χ1n) is 12.3. The van der Waals surface area contributed by atoms with Gasteiger partial charge in [-0.1, -0.05) is 18.2 Å². The molecule has 226 valence electrons. The zero-order valence-corrected chi connectivity index (χ0v) is 23.9. The third kappa shape index (κ3) is 9.33. The SMILES string of the molecule is FC(F)(F)c1nc(-c2ccccn2)n[nH]1.Fc1ccc(-c2ccccn2)c(F)c1.Fc1ccc(-c2ccccn2)c(F)c1.[Ru]. The van der Waals surface area contributed by atoms with Gasteiger partial charge in [-0.3, -0.25) is 20.1 Å². The number of benzene rings is 2. The number of aromatic amines is 1. The number of pyridine rings is 3. The zero-order chi connectivity index (χ0) is 30.8. The van der Waals surface area contributed by atoms with Crippen LogP contribution in [0.5, 0.6) is 0 Å². The van der Waals surface area contributed by atoms with Gasteiger partial charge >= 0.3 is 6.18 Å². The van der Waals surface area contributed by atoms with Gasteiger partial charge in [0.15, 0.2) is 5.82 Å². The zero-order valence-electron chi connectivity index (χ0n) is 22.1. The summed E-state index contributed by atoms with van der Waals surface area (Å²) in [6, 6.07) is 22.1. The van der Waals surface area contributed by atoms with E-state index >= 15 is 0 Å². The number of H-pyrrole nitrogens is 1. The Bertz CT molecular complexity index is 1670. The van der Waals surface area contributed by atoms with E-state index in [0.29, 0.717) is 28.2 Å². The van der Waals surface area contributed by atoms with Crippen molar-refractivity contribution in [3.8, 4) is 34.0 Å². The fourth-order valence-electron chi connectivity index (χ4n) is 3.44. The third-order valence-electron chi connectivity index (χ3n) is 5.39. The first-order valence-corrected chi connectivity index (χ1v) is 12.3. The number of hydrogen-bond donors (Lipinski definition) is 1. The Morgan fingerprint density at radius 3 is 1.32 bits per heavy atom. The van der Waals surface area contributed by atoms with Crippen LogP contribution in [0.15, 0.2) is 110 Å². The van der Waals surface area contributed by atoms with E-state index in [0.717, 1.165) is 12.1 Å². The van der Waals surface area contributed by atoms with E-state index in [1.165, 1.54) is 36.5 Å². The van der Waals surface area contributed by atoms with Gasteiger partial charge in [0, 0.05) is 61.3 Å². The van der Waals surface area contributed by atoms with Gasteiger partial charge in [0.25, 0.3) is 0 Å². The molecule has 4 heterocycles. The molecule has 0 spiro atoms. The van der Waals surface area contributed by atoms with Crippen molar-refractivity contribution in [2.45, 2.75) is 6.18 Å². The van der Waals surface area contributed by atoms with E-state index in [1.54, 1.807) is 60.9 Å². The quantitative estimate of drug-likeness (QED) is 0.150. The maximum atomic E-state index is 13.3. The number of aromatic nitrogens is 6. The molecule has 14 heteroatoms. The molecule has 0 amide bonds. The first-order chi connectivity index (χ1) is 20.6. The van der Waals surface area contributed by atoms with Crippen LogP contribution in [-0.4, -0.2) is 30.1 Å². The van der Waals surface area contributed by atoms with Crippen molar-refractivity contribution < 1.29 is 50.2 Å². The van der Waals surface area contributed by atoms with Gasteiger partial charge in [-0.25, -0.2) is 22.5 Å². The molecule has 0 fully saturated rings. The Labute approximate surface area is 258 Å². The molecule has 0 aliphatic rings. The van der Waals surface area contributed by atoms with Crippen LogP contribution >= 0.6 is 0 Å². The van der Waals surface area contributed by atoms with Crippen molar-refractivity contribution >= 4 is 0 Å². The molecule has 0 radical (unpaired) electrons. The molecule has 0 saturated heterocycles. The van der Waals surface area contributed by atoms with Gasteiger partial charge in [0.1, 0.15) is 29.0 Å². The van der Waals surface area contributed by atoms with Gasteiger partial charge < -0.3 is 0 Å². The number of halogens is 7. The molecule has 4 aromatic heterocycles. The van der Waals surface area contributed by atoms with Crippen molar-refractivity contribution in [1.29, 1.82) is 0 Å². The van der Waals surface area contributed by atoms with E-state index < -0.39 is 35.3 Å². The number of nitrogens with zero attached hydrogens (tertiary/aromatic N) is 5. The van der Waals surface area contributed by atoms with E-state index in [2.05, 4.69) is 25.0 Å². The van der Waals surface area contributed by atoms with Gasteiger partial charge in [0.05, 0.1) is 11.4 Å². The molecule has 0 bridgehead atoms. The summed E-state index contributed by atoms with van der Waals surface area (Å²) in [5, 5.41) is 5.25. The molecular formula is C30H19F7N6Ru. The van der Waals surface area contributed by atoms with E-state index in [9.17, 15) is 30.7 Å². The predicted molar refractivity (Wildman–Crippen MR) is 144 cm³/mol. The maximum absolute atomic E-state index is 13.3. The normalized spacial score (nSPS) is 10.4. The van der Waals surface area contributed by atoms with Crippen LogP contribution in [0.3, 0.4) is 0 Å². The molecule has 2 aromatic carbocycles.